The van der Waals surface area contributed by atoms with Crippen molar-refractivity contribution in [1.82, 2.24) is 10.9 Å². The maximum Gasteiger partial charge on any atom is 0.237 e. The Labute approximate surface area is 137 Å². The molecule has 8 heteroatoms. The molecule has 0 bridgehead atoms. The largest absolute Gasteiger partial charge is 0.326 e. The number of carbonyl (C=O) groups excluding carboxylic acids is 2. The quantitative estimate of drug-likeness (QED) is 0.739. The number of hydrogen-bond donors (Lipinski definition) is 3. The minimum atomic E-state index is -1.57. The highest BCUT2D eigenvalue weighted by molar-refractivity contribution is 5.91. The summed E-state index contributed by atoms with van der Waals surface area (Å²) in [5, 5.41) is 2.37. The molecule has 3 rings (SSSR count). The van der Waals surface area contributed by atoms with Gasteiger partial charge in [-0.2, -0.15) is 0 Å². The van der Waals surface area contributed by atoms with E-state index in [0.29, 0.717) is 0 Å². The predicted molar refractivity (Wildman–Crippen MR) is 80.1 cm³/mol. The Morgan fingerprint density at radius 1 is 1.17 bits per heavy atom. The lowest BCUT2D eigenvalue weighted by atomic mass is 9.73. The van der Waals surface area contributed by atoms with Gasteiger partial charge in [0, 0.05) is 36.2 Å². The van der Waals surface area contributed by atoms with Gasteiger partial charge in [-0.05, 0) is 18.8 Å². The summed E-state index contributed by atoms with van der Waals surface area (Å²) in [6.07, 6.45) is 3.68. The first-order chi connectivity index (χ1) is 11.5. The molecule has 3 N–H and O–H groups in total. The Hall–Kier alpha value is -2.09. The first kappa shape index (κ1) is 16.8. The van der Waals surface area contributed by atoms with Crippen LogP contribution in [0.3, 0.4) is 0 Å². The zero-order chi connectivity index (χ0) is 17.3. The maximum absolute atomic E-state index is 13.2. The second-order valence-corrected chi connectivity index (χ2v) is 6.30. The van der Waals surface area contributed by atoms with Gasteiger partial charge in [-0.3, -0.25) is 15.0 Å². The van der Waals surface area contributed by atoms with E-state index >= 15 is 0 Å². The second kappa shape index (κ2) is 6.80. The van der Waals surface area contributed by atoms with Crippen LogP contribution in [-0.4, -0.2) is 17.9 Å². The van der Waals surface area contributed by atoms with Gasteiger partial charge in [0.25, 0.3) is 0 Å². The fourth-order valence-electron chi connectivity index (χ4n) is 3.57. The fourth-order valence-corrected chi connectivity index (χ4v) is 3.57. The highest BCUT2D eigenvalue weighted by atomic mass is 19.2. The van der Waals surface area contributed by atoms with E-state index in [9.17, 15) is 22.8 Å². The van der Waals surface area contributed by atoms with Crippen molar-refractivity contribution in [2.45, 2.75) is 38.1 Å². The number of halogens is 3. The van der Waals surface area contributed by atoms with E-state index < -0.39 is 23.4 Å². The van der Waals surface area contributed by atoms with Crippen LogP contribution in [0.15, 0.2) is 12.1 Å². The van der Waals surface area contributed by atoms with Gasteiger partial charge in [-0.25, -0.2) is 18.6 Å². The summed E-state index contributed by atoms with van der Waals surface area (Å²) in [7, 11) is 0. The zero-order valence-corrected chi connectivity index (χ0v) is 12.9. The highest BCUT2D eigenvalue weighted by Crippen LogP contribution is 2.35. The number of hydrogen-bond acceptors (Lipinski definition) is 3. The lowest BCUT2D eigenvalue weighted by molar-refractivity contribution is -0.134. The fraction of sp³-hybridized carbons (Fsp3) is 0.500. The summed E-state index contributed by atoms with van der Waals surface area (Å²) in [6.45, 7) is 0. The van der Waals surface area contributed by atoms with Gasteiger partial charge in [0.2, 0.25) is 11.8 Å². The van der Waals surface area contributed by atoms with Crippen LogP contribution < -0.4 is 16.2 Å². The highest BCUT2D eigenvalue weighted by Gasteiger charge is 2.40. The SMILES string of the molecule is O=C(CC1NNC(=O)C2CCCCC12)Nc1cc(F)c(F)c(F)c1. The molecule has 1 saturated heterocycles. The lowest BCUT2D eigenvalue weighted by Gasteiger charge is -2.40. The monoisotopic (exact) mass is 341 g/mol. The Morgan fingerprint density at radius 2 is 1.83 bits per heavy atom. The smallest absolute Gasteiger partial charge is 0.237 e. The number of benzene rings is 1. The minimum absolute atomic E-state index is 0.0437. The Kier molecular flexibility index (Phi) is 4.75. The summed E-state index contributed by atoms with van der Waals surface area (Å²) >= 11 is 0. The molecule has 1 heterocycles. The number of fused-ring (bicyclic) bond motifs is 1. The predicted octanol–water partition coefficient (Wildman–Crippen LogP) is 2.24. The Balaban J connectivity index is 1.65. The molecular weight excluding hydrogens is 323 g/mol. The van der Waals surface area contributed by atoms with Crippen LogP contribution >= 0.6 is 0 Å². The van der Waals surface area contributed by atoms with E-state index in [1.807, 2.05) is 0 Å². The van der Waals surface area contributed by atoms with Crippen molar-refractivity contribution in [3.05, 3.63) is 29.6 Å². The number of nitrogens with one attached hydrogen (secondary N) is 3. The number of rotatable bonds is 3. The third-order valence-electron chi connectivity index (χ3n) is 4.73. The van der Waals surface area contributed by atoms with E-state index in [4.69, 9.17) is 0 Å². The zero-order valence-electron chi connectivity index (χ0n) is 12.9. The Bertz CT molecular complexity index is 645. The van der Waals surface area contributed by atoms with Crippen molar-refractivity contribution in [3.63, 3.8) is 0 Å². The molecule has 3 unspecified atom stereocenters. The van der Waals surface area contributed by atoms with Crippen molar-refractivity contribution in [2.75, 3.05) is 5.32 Å². The van der Waals surface area contributed by atoms with Gasteiger partial charge in [0.1, 0.15) is 0 Å². The Morgan fingerprint density at radius 3 is 2.54 bits per heavy atom. The normalized spacial score (nSPS) is 26.5. The topological polar surface area (TPSA) is 70.2 Å². The number of hydrazine groups is 1. The van der Waals surface area contributed by atoms with E-state index in [1.54, 1.807) is 0 Å². The van der Waals surface area contributed by atoms with Crippen LogP contribution in [-0.2, 0) is 9.59 Å². The van der Waals surface area contributed by atoms with E-state index in [1.165, 1.54) is 0 Å². The van der Waals surface area contributed by atoms with Crippen LogP contribution in [0.4, 0.5) is 18.9 Å². The van der Waals surface area contributed by atoms with Gasteiger partial charge in [-0.1, -0.05) is 12.8 Å². The molecule has 2 aliphatic rings. The molecule has 0 radical (unpaired) electrons. The molecule has 1 aliphatic carbocycles. The van der Waals surface area contributed by atoms with Crippen LogP contribution in [0.2, 0.25) is 0 Å². The van der Waals surface area contributed by atoms with Gasteiger partial charge in [0.15, 0.2) is 17.5 Å². The molecule has 3 atom stereocenters. The molecule has 2 amide bonds. The van der Waals surface area contributed by atoms with E-state index in [2.05, 4.69) is 16.2 Å². The van der Waals surface area contributed by atoms with Gasteiger partial charge in [-0.15, -0.1) is 0 Å². The van der Waals surface area contributed by atoms with Crippen molar-refractivity contribution >= 4 is 17.5 Å². The molecule has 5 nitrogen and oxygen atoms in total. The van der Waals surface area contributed by atoms with Gasteiger partial charge < -0.3 is 5.32 Å². The van der Waals surface area contributed by atoms with E-state index in [0.717, 1.165) is 37.8 Å². The van der Waals surface area contributed by atoms with Crippen LogP contribution in [0, 0.1) is 29.3 Å². The molecule has 24 heavy (non-hydrogen) atoms. The third kappa shape index (κ3) is 3.38. The molecule has 130 valence electrons. The molecule has 1 saturated carbocycles. The van der Waals surface area contributed by atoms with Crippen LogP contribution in [0.25, 0.3) is 0 Å². The molecule has 2 fully saturated rings. The maximum atomic E-state index is 13.2. The molecule has 0 aromatic heterocycles. The third-order valence-corrected chi connectivity index (χ3v) is 4.73. The number of amides is 2. The first-order valence-electron chi connectivity index (χ1n) is 7.95. The number of carbonyl (C=O) groups is 2. The first-order valence-corrected chi connectivity index (χ1v) is 7.95. The summed E-state index contributed by atoms with van der Waals surface area (Å²) in [6, 6.07) is 1.22. The summed E-state index contributed by atoms with van der Waals surface area (Å²) in [5.74, 6) is -4.87. The lowest BCUT2D eigenvalue weighted by Crippen LogP contribution is -2.60. The molecule has 1 aliphatic heterocycles. The van der Waals surface area contributed by atoms with Crippen LogP contribution in [0.5, 0.6) is 0 Å². The van der Waals surface area contributed by atoms with Gasteiger partial charge in [0.05, 0.1) is 0 Å². The molecule has 1 aromatic carbocycles. The average molecular weight is 341 g/mol. The molecule has 0 spiro atoms. The summed E-state index contributed by atoms with van der Waals surface area (Å²) < 4.78 is 39.3. The van der Waals surface area contributed by atoms with Crippen molar-refractivity contribution in [3.8, 4) is 0 Å². The molecular formula is C16H18F3N3O2. The van der Waals surface area contributed by atoms with Crippen LogP contribution in [0.1, 0.15) is 32.1 Å². The summed E-state index contributed by atoms with van der Waals surface area (Å²) in [4.78, 5) is 24.0. The average Bonchev–Trinajstić information content (AvgIpc) is 2.55. The van der Waals surface area contributed by atoms with Crippen molar-refractivity contribution in [1.29, 1.82) is 0 Å². The minimum Gasteiger partial charge on any atom is -0.326 e. The number of anilines is 1. The van der Waals surface area contributed by atoms with Crippen molar-refractivity contribution in [2.24, 2.45) is 11.8 Å². The van der Waals surface area contributed by atoms with Crippen molar-refractivity contribution < 1.29 is 22.8 Å². The standard InChI is InChI=1S/C16H18F3N3O2/c17-11-5-8(6-12(18)15(11)19)20-14(23)7-13-9-3-1-2-4-10(9)16(24)22-21-13/h5-6,9-10,13,21H,1-4,7H2,(H,20,23)(H,22,24). The summed E-state index contributed by atoms with van der Waals surface area (Å²) in [5.41, 5.74) is 5.29. The van der Waals surface area contributed by atoms with Gasteiger partial charge >= 0.3 is 0 Å². The second-order valence-electron chi connectivity index (χ2n) is 6.30. The van der Waals surface area contributed by atoms with E-state index in [-0.39, 0.29) is 35.9 Å². The molecule has 1 aromatic rings.